The summed E-state index contributed by atoms with van der Waals surface area (Å²) < 4.78 is 5.62. The fourth-order valence-corrected chi connectivity index (χ4v) is 2.23. The SMILES string of the molecule is Cc1ccc(CN2C(C)CNCC2C)o1. The molecule has 0 spiro atoms. The lowest BCUT2D eigenvalue weighted by molar-refractivity contribution is 0.0995. The third kappa shape index (κ3) is 2.41. The molecule has 1 N–H and O–H groups in total. The van der Waals surface area contributed by atoms with Gasteiger partial charge in [-0.3, -0.25) is 4.90 Å². The van der Waals surface area contributed by atoms with Crippen molar-refractivity contribution in [1.82, 2.24) is 10.2 Å². The highest BCUT2D eigenvalue weighted by Gasteiger charge is 2.24. The van der Waals surface area contributed by atoms with Gasteiger partial charge < -0.3 is 9.73 Å². The first-order chi connectivity index (χ1) is 7.16. The molecule has 0 amide bonds. The van der Waals surface area contributed by atoms with Crippen LogP contribution in [-0.4, -0.2) is 30.1 Å². The lowest BCUT2D eigenvalue weighted by Crippen LogP contribution is -2.54. The maximum atomic E-state index is 5.62. The molecule has 15 heavy (non-hydrogen) atoms. The first-order valence-corrected chi connectivity index (χ1v) is 5.68. The maximum absolute atomic E-state index is 5.62. The van der Waals surface area contributed by atoms with Gasteiger partial charge in [0.2, 0.25) is 0 Å². The first kappa shape index (κ1) is 10.7. The van der Waals surface area contributed by atoms with E-state index < -0.39 is 0 Å². The Balaban J connectivity index is 2.03. The van der Waals surface area contributed by atoms with Crippen LogP contribution in [0.25, 0.3) is 0 Å². The molecule has 1 fully saturated rings. The summed E-state index contributed by atoms with van der Waals surface area (Å²) in [6.45, 7) is 9.59. The Kier molecular flexibility index (Phi) is 3.12. The Morgan fingerprint density at radius 2 is 2.00 bits per heavy atom. The number of hydrogen-bond donors (Lipinski definition) is 1. The molecule has 1 aromatic rings. The molecule has 2 atom stereocenters. The number of nitrogens with one attached hydrogen (secondary N) is 1. The van der Waals surface area contributed by atoms with Crippen molar-refractivity contribution in [2.75, 3.05) is 13.1 Å². The lowest BCUT2D eigenvalue weighted by Gasteiger charge is -2.38. The smallest absolute Gasteiger partial charge is 0.118 e. The summed E-state index contributed by atoms with van der Waals surface area (Å²) >= 11 is 0. The Morgan fingerprint density at radius 3 is 2.53 bits per heavy atom. The van der Waals surface area contributed by atoms with Crippen molar-refractivity contribution >= 4 is 0 Å². The van der Waals surface area contributed by atoms with Gasteiger partial charge in [-0.25, -0.2) is 0 Å². The summed E-state index contributed by atoms with van der Waals surface area (Å²) in [4.78, 5) is 2.49. The number of hydrogen-bond acceptors (Lipinski definition) is 3. The molecule has 0 saturated carbocycles. The second-order valence-electron chi connectivity index (χ2n) is 4.54. The number of furan rings is 1. The van der Waals surface area contributed by atoms with Crippen LogP contribution in [0.2, 0.25) is 0 Å². The van der Waals surface area contributed by atoms with Gasteiger partial charge in [-0.2, -0.15) is 0 Å². The van der Waals surface area contributed by atoms with Crippen LogP contribution < -0.4 is 5.32 Å². The molecular weight excluding hydrogens is 188 g/mol. The van der Waals surface area contributed by atoms with Gasteiger partial charge in [0.1, 0.15) is 11.5 Å². The molecule has 3 heteroatoms. The summed E-state index contributed by atoms with van der Waals surface area (Å²) in [5.74, 6) is 2.08. The molecule has 1 aliphatic heterocycles. The van der Waals surface area contributed by atoms with E-state index in [0.717, 1.165) is 31.2 Å². The average Bonchev–Trinajstić information content (AvgIpc) is 2.58. The average molecular weight is 208 g/mol. The van der Waals surface area contributed by atoms with E-state index in [1.807, 2.05) is 13.0 Å². The van der Waals surface area contributed by atoms with Gasteiger partial charge in [-0.15, -0.1) is 0 Å². The van der Waals surface area contributed by atoms with Crippen LogP contribution >= 0.6 is 0 Å². The number of nitrogens with zero attached hydrogens (tertiary/aromatic N) is 1. The topological polar surface area (TPSA) is 28.4 Å². The van der Waals surface area contributed by atoms with Gasteiger partial charge in [0, 0.05) is 25.2 Å². The molecule has 0 aromatic carbocycles. The summed E-state index contributed by atoms with van der Waals surface area (Å²) in [7, 11) is 0. The van der Waals surface area contributed by atoms with Crippen LogP contribution in [0.1, 0.15) is 25.4 Å². The van der Waals surface area contributed by atoms with Crippen LogP contribution in [-0.2, 0) is 6.54 Å². The minimum Gasteiger partial charge on any atom is -0.465 e. The van der Waals surface area contributed by atoms with E-state index in [4.69, 9.17) is 4.42 Å². The summed E-state index contributed by atoms with van der Waals surface area (Å²) in [5, 5.41) is 3.43. The Labute approximate surface area is 91.4 Å². The van der Waals surface area contributed by atoms with Gasteiger partial charge in [-0.1, -0.05) is 0 Å². The molecular formula is C12H20N2O. The first-order valence-electron chi connectivity index (χ1n) is 5.68. The highest BCUT2D eigenvalue weighted by Crippen LogP contribution is 2.16. The second-order valence-corrected chi connectivity index (χ2v) is 4.54. The van der Waals surface area contributed by atoms with Crippen molar-refractivity contribution in [3.05, 3.63) is 23.7 Å². The quantitative estimate of drug-likeness (QED) is 0.803. The maximum Gasteiger partial charge on any atom is 0.118 e. The fourth-order valence-electron chi connectivity index (χ4n) is 2.23. The van der Waals surface area contributed by atoms with E-state index in [-0.39, 0.29) is 0 Å². The van der Waals surface area contributed by atoms with E-state index in [2.05, 4.69) is 30.1 Å². The van der Waals surface area contributed by atoms with Crippen molar-refractivity contribution in [2.45, 2.75) is 39.4 Å². The van der Waals surface area contributed by atoms with Crippen LogP contribution in [0.15, 0.2) is 16.5 Å². The molecule has 0 aliphatic carbocycles. The summed E-state index contributed by atoms with van der Waals surface area (Å²) in [5.41, 5.74) is 0. The Bertz CT molecular complexity index is 311. The van der Waals surface area contributed by atoms with E-state index in [0.29, 0.717) is 12.1 Å². The van der Waals surface area contributed by atoms with E-state index in [9.17, 15) is 0 Å². The third-order valence-corrected chi connectivity index (χ3v) is 3.15. The van der Waals surface area contributed by atoms with E-state index in [1.165, 1.54) is 0 Å². The zero-order valence-corrected chi connectivity index (χ0v) is 9.79. The molecule has 1 aromatic heterocycles. The van der Waals surface area contributed by atoms with Crippen molar-refractivity contribution in [2.24, 2.45) is 0 Å². The molecule has 3 nitrogen and oxygen atoms in total. The summed E-state index contributed by atoms with van der Waals surface area (Å²) in [6, 6.07) is 5.28. The van der Waals surface area contributed by atoms with Gasteiger partial charge in [-0.05, 0) is 32.9 Å². The van der Waals surface area contributed by atoms with E-state index >= 15 is 0 Å². The highest BCUT2D eigenvalue weighted by atomic mass is 16.3. The van der Waals surface area contributed by atoms with Crippen molar-refractivity contribution < 1.29 is 4.42 Å². The largest absolute Gasteiger partial charge is 0.465 e. The van der Waals surface area contributed by atoms with Gasteiger partial charge in [0.15, 0.2) is 0 Å². The van der Waals surface area contributed by atoms with Crippen LogP contribution in [0.3, 0.4) is 0 Å². The molecule has 0 bridgehead atoms. The van der Waals surface area contributed by atoms with Crippen LogP contribution in [0.4, 0.5) is 0 Å². The molecule has 84 valence electrons. The fraction of sp³-hybridized carbons (Fsp3) is 0.667. The monoisotopic (exact) mass is 208 g/mol. The highest BCUT2D eigenvalue weighted by molar-refractivity contribution is 5.06. The van der Waals surface area contributed by atoms with Crippen LogP contribution in [0.5, 0.6) is 0 Å². The number of aryl methyl sites for hydroxylation is 1. The molecule has 0 radical (unpaired) electrons. The molecule has 1 aliphatic rings. The van der Waals surface area contributed by atoms with Gasteiger partial charge >= 0.3 is 0 Å². The van der Waals surface area contributed by atoms with Crippen molar-refractivity contribution in [3.8, 4) is 0 Å². The number of rotatable bonds is 2. The standard InChI is InChI=1S/C12H20N2O/c1-9-6-13-7-10(2)14(9)8-12-5-4-11(3)15-12/h4-5,9-10,13H,6-8H2,1-3H3. The molecule has 2 heterocycles. The molecule has 2 unspecified atom stereocenters. The predicted octanol–water partition coefficient (Wildman–Crippen LogP) is 1.77. The minimum absolute atomic E-state index is 0.583. The van der Waals surface area contributed by atoms with Gasteiger partial charge in [0.05, 0.1) is 6.54 Å². The van der Waals surface area contributed by atoms with E-state index in [1.54, 1.807) is 0 Å². The summed E-state index contributed by atoms with van der Waals surface area (Å²) in [6.07, 6.45) is 0. The van der Waals surface area contributed by atoms with Gasteiger partial charge in [0.25, 0.3) is 0 Å². The van der Waals surface area contributed by atoms with Crippen LogP contribution in [0, 0.1) is 6.92 Å². The molecule has 2 rings (SSSR count). The lowest BCUT2D eigenvalue weighted by atomic mass is 10.1. The third-order valence-electron chi connectivity index (χ3n) is 3.15. The predicted molar refractivity (Wildman–Crippen MR) is 60.8 cm³/mol. The van der Waals surface area contributed by atoms with Crippen molar-refractivity contribution in [3.63, 3.8) is 0 Å². The zero-order chi connectivity index (χ0) is 10.8. The normalized spacial score (nSPS) is 28.2. The second kappa shape index (κ2) is 4.37. The number of piperazine rings is 1. The zero-order valence-electron chi connectivity index (χ0n) is 9.79. The van der Waals surface area contributed by atoms with Crippen molar-refractivity contribution in [1.29, 1.82) is 0 Å². The minimum atomic E-state index is 0.583. The Morgan fingerprint density at radius 1 is 1.33 bits per heavy atom. The molecule has 1 saturated heterocycles. The Hall–Kier alpha value is -0.800.